The van der Waals surface area contributed by atoms with E-state index in [0.29, 0.717) is 37.1 Å². The number of amides is 2. The van der Waals surface area contributed by atoms with Gasteiger partial charge in [0.1, 0.15) is 29.6 Å². The van der Waals surface area contributed by atoms with Crippen LogP contribution in [-0.2, 0) is 6.42 Å². The Morgan fingerprint density at radius 1 is 0.914 bits per heavy atom. The maximum Gasteiger partial charge on any atom is 0.260 e. The van der Waals surface area contributed by atoms with Crippen molar-refractivity contribution in [2.45, 2.75) is 25.3 Å². The summed E-state index contributed by atoms with van der Waals surface area (Å²) in [4.78, 5) is 29.6. The second-order valence-electron chi connectivity index (χ2n) is 8.68. The normalized spacial score (nSPS) is 17.1. The van der Waals surface area contributed by atoms with Crippen molar-refractivity contribution in [2.75, 3.05) is 26.7 Å². The minimum Gasteiger partial charge on any atom is -0.491 e. The summed E-state index contributed by atoms with van der Waals surface area (Å²) in [7, 11) is 1.72. The fourth-order valence-corrected chi connectivity index (χ4v) is 4.33. The zero-order valence-electron chi connectivity index (χ0n) is 19.6. The highest BCUT2D eigenvalue weighted by Crippen LogP contribution is 2.24. The highest BCUT2D eigenvalue weighted by atomic mass is 19.1. The zero-order chi connectivity index (χ0) is 24.8. The summed E-state index contributed by atoms with van der Waals surface area (Å²) < 4.78 is 35.3. The molecule has 0 aromatic heterocycles. The Balaban J connectivity index is 1.73. The summed E-state index contributed by atoms with van der Waals surface area (Å²) in [6.45, 7) is 0.814. The lowest BCUT2D eigenvalue weighted by molar-refractivity contribution is 0.0581. The molecule has 35 heavy (non-hydrogen) atoms. The van der Waals surface area contributed by atoms with E-state index in [9.17, 15) is 18.4 Å². The third-order valence-corrected chi connectivity index (χ3v) is 6.23. The average Bonchev–Trinajstić information content (AvgIpc) is 2.86. The van der Waals surface area contributed by atoms with Gasteiger partial charge in [-0.15, -0.1) is 0 Å². The number of ether oxygens (including phenoxy) is 1. The van der Waals surface area contributed by atoms with E-state index in [4.69, 9.17) is 4.74 Å². The third-order valence-electron chi connectivity index (χ3n) is 6.23. The number of carbonyl (C=O) groups is 2. The van der Waals surface area contributed by atoms with Gasteiger partial charge in [-0.25, -0.2) is 8.78 Å². The first-order valence-electron chi connectivity index (χ1n) is 11.7. The van der Waals surface area contributed by atoms with Crippen molar-refractivity contribution in [1.82, 2.24) is 9.80 Å². The number of fused-ring (bicyclic) bond motifs is 1. The molecule has 4 rings (SSSR count). The van der Waals surface area contributed by atoms with E-state index < -0.39 is 29.1 Å². The molecule has 2 amide bonds. The molecule has 1 aliphatic rings. The van der Waals surface area contributed by atoms with Gasteiger partial charge in [0.2, 0.25) is 0 Å². The highest BCUT2D eigenvalue weighted by Gasteiger charge is 2.30. The summed E-state index contributed by atoms with van der Waals surface area (Å²) >= 11 is 0. The minimum absolute atomic E-state index is 0.0602. The number of benzene rings is 3. The van der Waals surface area contributed by atoms with Gasteiger partial charge >= 0.3 is 0 Å². The Hall–Kier alpha value is -3.74. The maximum absolute atomic E-state index is 14.6. The number of rotatable bonds is 3. The first-order chi connectivity index (χ1) is 17.0. The van der Waals surface area contributed by atoms with E-state index in [2.05, 4.69) is 0 Å². The fourth-order valence-electron chi connectivity index (χ4n) is 4.33. The van der Waals surface area contributed by atoms with E-state index in [0.717, 1.165) is 17.7 Å². The molecule has 0 unspecified atom stereocenters. The highest BCUT2D eigenvalue weighted by molar-refractivity contribution is 5.97. The van der Waals surface area contributed by atoms with E-state index in [-0.39, 0.29) is 19.1 Å². The Kier molecular flexibility index (Phi) is 7.75. The van der Waals surface area contributed by atoms with Crippen LogP contribution in [-0.4, -0.2) is 54.4 Å². The molecule has 1 heterocycles. The number of hydrogen-bond donors (Lipinski definition) is 0. The molecule has 182 valence electrons. The molecule has 0 spiro atoms. The van der Waals surface area contributed by atoms with Gasteiger partial charge in [0.25, 0.3) is 11.8 Å². The molecular weight excluding hydrogens is 450 g/mol. The van der Waals surface area contributed by atoms with Crippen LogP contribution in [0, 0.1) is 11.6 Å². The summed E-state index contributed by atoms with van der Waals surface area (Å²) in [6.07, 6.45) is 1.62. The van der Waals surface area contributed by atoms with E-state index in [1.54, 1.807) is 36.2 Å². The molecule has 3 aromatic carbocycles. The van der Waals surface area contributed by atoms with Gasteiger partial charge in [-0.05, 0) is 49.1 Å². The van der Waals surface area contributed by atoms with Crippen molar-refractivity contribution in [3.8, 4) is 5.75 Å². The van der Waals surface area contributed by atoms with Crippen LogP contribution < -0.4 is 4.74 Å². The molecule has 0 saturated carbocycles. The van der Waals surface area contributed by atoms with Gasteiger partial charge in [-0.2, -0.15) is 0 Å². The molecule has 0 aliphatic carbocycles. The first kappa shape index (κ1) is 24.4. The molecule has 3 aromatic rings. The van der Waals surface area contributed by atoms with E-state index in [1.807, 2.05) is 30.3 Å². The number of nitrogens with zero attached hydrogens (tertiary/aromatic N) is 2. The smallest absolute Gasteiger partial charge is 0.260 e. The second-order valence-corrected chi connectivity index (χ2v) is 8.68. The van der Waals surface area contributed by atoms with Crippen molar-refractivity contribution in [3.63, 3.8) is 0 Å². The van der Waals surface area contributed by atoms with Crippen LogP contribution in [0.2, 0.25) is 0 Å². The summed E-state index contributed by atoms with van der Waals surface area (Å²) in [5, 5.41) is 0. The van der Waals surface area contributed by atoms with E-state index in [1.165, 1.54) is 11.0 Å². The lowest BCUT2D eigenvalue weighted by atomic mass is 10.0. The van der Waals surface area contributed by atoms with Crippen molar-refractivity contribution in [3.05, 3.63) is 101 Å². The van der Waals surface area contributed by atoms with Crippen molar-refractivity contribution in [1.29, 1.82) is 0 Å². The third kappa shape index (κ3) is 5.67. The van der Waals surface area contributed by atoms with Crippen LogP contribution >= 0.6 is 0 Å². The predicted molar refractivity (Wildman–Crippen MR) is 129 cm³/mol. The van der Waals surface area contributed by atoms with Gasteiger partial charge in [0.05, 0.1) is 11.6 Å². The molecule has 0 N–H and O–H groups in total. The molecule has 0 bridgehead atoms. The average molecular weight is 479 g/mol. The molecule has 0 fully saturated rings. The second kappa shape index (κ2) is 11.1. The van der Waals surface area contributed by atoms with Crippen LogP contribution in [0.3, 0.4) is 0 Å². The molecule has 0 saturated heterocycles. The van der Waals surface area contributed by atoms with Gasteiger partial charge in [0.15, 0.2) is 0 Å². The monoisotopic (exact) mass is 478 g/mol. The van der Waals surface area contributed by atoms with Gasteiger partial charge < -0.3 is 14.5 Å². The van der Waals surface area contributed by atoms with Crippen LogP contribution in [0.15, 0.2) is 72.8 Å². The first-order valence-corrected chi connectivity index (χ1v) is 11.7. The molecule has 7 heteroatoms. The Bertz CT molecular complexity index is 1170. The van der Waals surface area contributed by atoms with Crippen LogP contribution in [0.25, 0.3) is 0 Å². The molecule has 5 nitrogen and oxygen atoms in total. The van der Waals surface area contributed by atoms with Crippen molar-refractivity contribution >= 4 is 11.8 Å². The lowest BCUT2D eigenvalue weighted by Crippen LogP contribution is -2.46. The van der Waals surface area contributed by atoms with Gasteiger partial charge in [0, 0.05) is 20.1 Å². The van der Waals surface area contributed by atoms with Crippen LogP contribution in [0.1, 0.15) is 39.1 Å². The molecule has 0 radical (unpaired) electrons. The largest absolute Gasteiger partial charge is 0.491 e. The van der Waals surface area contributed by atoms with Gasteiger partial charge in [-0.1, -0.05) is 48.5 Å². The number of para-hydroxylation sites is 1. The molecule has 1 atom stereocenters. The van der Waals surface area contributed by atoms with Crippen LogP contribution in [0.4, 0.5) is 8.78 Å². The SMILES string of the molecule is CN1CCCCN(C(=O)c2c(F)cccc2F)[C@@H](Cc2ccccc2)COc2ccccc2C1=O. The minimum atomic E-state index is -0.892. The Morgan fingerprint density at radius 3 is 2.31 bits per heavy atom. The van der Waals surface area contributed by atoms with Crippen molar-refractivity contribution < 1.29 is 23.1 Å². The topological polar surface area (TPSA) is 49.9 Å². The van der Waals surface area contributed by atoms with E-state index >= 15 is 0 Å². The molecular formula is C28H28F2N2O3. The summed E-state index contributed by atoms with van der Waals surface area (Å²) in [5.41, 5.74) is 0.835. The van der Waals surface area contributed by atoms with Crippen molar-refractivity contribution in [2.24, 2.45) is 0 Å². The summed E-state index contributed by atoms with van der Waals surface area (Å²) in [6, 6.07) is 19.5. The fraction of sp³-hybridized carbons (Fsp3) is 0.286. The van der Waals surface area contributed by atoms with Crippen LogP contribution in [0.5, 0.6) is 5.75 Å². The number of hydrogen-bond acceptors (Lipinski definition) is 3. The Morgan fingerprint density at radius 2 is 1.57 bits per heavy atom. The maximum atomic E-state index is 14.6. The predicted octanol–water partition coefficient (Wildman–Crippen LogP) is 4.96. The summed E-state index contributed by atoms with van der Waals surface area (Å²) in [5.74, 6) is -2.22. The lowest BCUT2D eigenvalue weighted by Gasteiger charge is -2.33. The standard InChI is InChI=1S/C28H28F2N2O3/c1-31-16-7-8-17-32(28(34)26-23(29)13-9-14-24(26)30)21(18-20-10-3-2-4-11-20)19-35-25-15-6-5-12-22(25)27(31)33/h2-6,9-15,21H,7-8,16-19H2,1H3/t21-/m0/s1. The zero-order valence-corrected chi connectivity index (χ0v) is 19.6. The Labute approximate surface area is 203 Å². The number of carbonyl (C=O) groups excluding carboxylic acids is 2. The quantitative estimate of drug-likeness (QED) is 0.535. The molecule has 1 aliphatic heterocycles. The van der Waals surface area contributed by atoms with Gasteiger partial charge in [-0.3, -0.25) is 9.59 Å². The number of halogens is 2.